The van der Waals surface area contributed by atoms with Crippen LogP contribution in [-0.2, 0) is 11.3 Å². The molecule has 0 saturated carbocycles. The van der Waals surface area contributed by atoms with Crippen LogP contribution in [-0.4, -0.2) is 47.4 Å². The Kier molecular flexibility index (Phi) is 5.05. The molecule has 1 aromatic carbocycles. The van der Waals surface area contributed by atoms with Gasteiger partial charge in [0, 0.05) is 6.54 Å². The monoisotopic (exact) mass is 306 g/mol. The predicted octanol–water partition coefficient (Wildman–Crippen LogP) is 1.19. The average Bonchev–Trinajstić information content (AvgIpc) is 2.90. The number of likely N-dealkylation sites (tertiary alicyclic amines) is 1. The molecule has 1 fully saturated rings. The molecule has 0 spiro atoms. The van der Waals surface area contributed by atoms with E-state index in [4.69, 9.17) is 15.4 Å². The third-order valence-electron chi connectivity index (χ3n) is 3.28. The average molecular weight is 306 g/mol. The van der Waals surface area contributed by atoms with Crippen LogP contribution in [0.2, 0.25) is 0 Å². The highest BCUT2D eigenvalue weighted by atomic mass is 16.5. The molecule has 1 aliphatic rings. The summed E-state index contributed by atoms with van der Waals surface area (Å²) in [5.74, 6) is 0. The van der Waals surface area contributed by atoms with E-state index in [-0.39, 0.29) is 19.7 Å². The number of hydrogen-bond donors (Lipinski definition) is 3. The zero-order chi connectivity index (χ0) is 15.9. The summed E-state index contributed by atoms with van der Waals surface area (Å²) in [6.45, 7) is 0.285. The van der Waals surface area contributed by atoms with Gasteiger partial charge >= 0.3 is 12.2 Å². The number of hydrogen-bond acceptors (Lipinski definition) is 5. The van der Waals surface area contributed by atoms with Gasteiger partial charge < -0.3 is 20.1 Å². The van der Waals surface area contributed by atoms with Crippen LogP contribution in [0, 0.1) is 5.53 Å². The van der Waals surface area contributed by atoms with Crippen molar-refractivity contribution in [2.75, 3.05) is 13.1 Å². The Labute approximate surface area is 126 Å². The molecule has 2 unspecified atom stereocenters. The Balaban J connectivity index is 1.89. The fourth-order valence-corrected chi connectivity index (χ4v) is 2.19. The molecule has 1 saturated heterocycles. The van der Waals surface area contributed by atoms with Crippen LogP contribution in [0.15, 0.2) is 35.4 Å². The largest absolute Gasteiger partial charge is 0.465 e. The van der Waals surface area contributed by atoms with Crippen molar-refractivity contribution < 1.29 is 19.4 Å². The van der Waals surface area contributed by atoms with E-state index in [9.17, 15) is 9.59 Å². The van der Waals surface area contributed by atoms with Crippen molar-refractivity contribution in [1.82, 2.24) is 15.1 Å². The lowest BCUT2D eigenvalue weighted by molar-refractivity contribution is 0.133. The molecule has 2 amide bonds. The highest BCUT2D eigenvalue weighted by Gasteiger charge is 2.39. The van der Waals surface area contributed by atoms with Gasteiger partial charge in [-0.25, -0.2) is 9.59 Å². The van der Waals surface area contributed by atoms with Crippen molar-refractivity contribution in [2.24, 2.45) is 5.11 Å². The second-order valence-corrected chi connectivity index (χ2v) is 4.78. The van der Waals surface area contributed by atoms with E-state index >= 15 is 0 Å². The molecule has 0 aromatic heterocycles. The van der Waals surface area contributed by atoms with Crippen LogP contribution in [0.1, 0.15) is 5.56 Å². The van der Waals surface area contributed by atoms with E-state index in [0.29, 0.717) is 0 Å². The van der Waals surface area contributed by atoms with Crippen LogP contribution in [0.3, 0.4) is 0 Å². The fourth-order valence-electron chi connectivity index (χ4n) is 2.19. The number of rotatable bonds is 4. The van der Waals surface area contributed by atoms with Crippen molar-refractivity contribution >= 4 is 12.2 Å². The van der Waals surface area contributed by atoms with E-state index in [0.717, 1.165) is 10.5 Å². The fraction of sp³-hybridized carbons (Fsp3) is 0.385. The maximum absolute atomic E-state index is 11.8. The summed E-state index contributed by atoms with van der Waals surface area (Å²) in [6, 6.07) is 8.04. The minimum absolute atomic E-state index is 0.0828. The molecular formula is C13H16N5O4+. The summed E-state index contributed by atoms with van der Waals surface area (Å²) < 4.78 is 5.08. The number of ether oxygens (including phenoxy) is 1. The molecule has 1 aromatic rings. The van der Waals surface area contributed by atoms with Crippen molar-refractivity contribution in [3.8, 4) is 0 Å². The lowest BCUT2D eigenvalue weighted by Crippen LogP contribution is -2.42. The number of benzene rings is 1. The topological polar surface area (TPSA) is 129 Å². The molecule has 22 heavy (non-hydrogen) atoms. The Morgan fingerprint density at radius 2 is 2.14 bits per heavy atom. The van der Waals surface area contributed by atoms with E-state index in [2.05, 4.69) is 15.3 Å². The van der Waals surface area contributed by atoms with Gasteiger partial charge in [0.25, 0.3) is 0 Å². The number of carboxylic acid groups (broad SMARTS) is 1. The van der Waals surface area contributed by atoms with E-state index in [1.165, 1.54) is 0 Å². The molecule has 116 valence electrons. The quantitative estimate of drug-likeness (QED) is 0.570. The molecule has 0 radical (unpaired) electrons. The molecule has 3 N–H and O–H groups in total. The predicted molar refractivity (Wildman–Crippen MR) is 74.2 cm³/mol. The Bertz CT molecular complexity index is 587. The first-order chi connectivity index (χ1) is 10.6. The van der Waals surface area contributed by atoms with Gasteiger partial charge in [0.1, 0.15) is 17.3 Å². The number of alkyl carbamates (subject to hydrolysis) is 1. The van der Waals surface area contributed by atoms with Crippen molar-refractivity contribution in [3.05, 3.63) is 35.9 Å². The number of nitrogens with zero attached hydrogens (tertiary/aromatic N) is 3. The second kappa shape index (κ2) is 7.19. The van der Waals surface area contributed by atoms with Gasteiger partial charge in [0.2, 0.25) is 4.91 Å². The Hall–Kier alpha value is -2.93. The minimum atomic E-state index is -1.10. The minimum Gasteiger partial charge on any atom is -0.465 e. The molecular weight excluding hydrogens is 290 g/mol. The van der Waals surface area contributed by atoms with Crippen molar-refractivity contribution in [3.63, 3.8) is 0 Å². The first-order valence-corrected chi connectivity index (χ1v) is 6.62. The standard InChI is InChI=1S/C13H15N5O4/c14-17-16-11-7-18(13(20)21)6-10(11)15-12(19)22-8-9-4-2-1-3-5-9/h1-5,10-11,14H,6-8H2,(H-,15,19,20,21)/p+1. The highest BCUT2D eigenvalue weighted by Crippen LogP contribution is 2.13. The third-order valence-corrected chi connectivity index (χ3v) is 3.28. The van der Waals surface area contributed by atoms with Crippen LogP contribution < -0.4 is 10.2 Å². The maximum Gasteiger partial charge on any atom is 0.407 e. The molecule has 9 heteroatoms. The number of amides is 2. The van der Waals surface area contributed by atoms with Crippen LogP contribution >= 0.6 is 0 Å². The normalized spacial score (nSPS) is 20.1. The van der Waals surface area contributed by atoms with Crippen molar-refractivity contribution in [2.45, 2.75) is 18.7 Å². The lowest BCUT2D eigenvalue weighted by atomic mass is 10.2. The number of nitrogens with one attached hydrogen (secondary N) is 2. The van der Waals surface area contributed by atoms with Gasteiger partial charge in [-0.3, -0.25) is 0 Å². The highest BCUT2D eigenvalue weighted by molar-refractivity contribution is 5.69. The van der Waals surface area contributed by atoms with Crippen molar-refractivity contribution in [1.29, 1.82) is 5.53 Å². The summed E-state index contributed by atoms with van der Waals surface area (Å²) >= 11 is 0. The van der Waals surface area contributed by atoms with E-state index < -0.39 is 24.3 Å². The first kappa shape index (κ1) is 15.5. The third kappa shape index (κ3) is 4.03. The zero-order valence-corrected chi connectivity index (χ0v) is 11.7. The number of carbonyl (C=O) groups excluding carboxylic acids is 1. The van der Waals surface area contributed by atoms with E-state index in [1.807, 2.05) is 30.3 Å². The first-order valence-electron chi connectivity index (χ1n) is 6.62. The molecule has 2 rings (SSSR count). The molecule has 1 aliphatic heterocycles. The Morgan fingerprint density at radius 1 is 1.41 bits per heavy atom. The lowest BCUT2D eigenvalue weighted by Gasteiger charge is -2.14. The summed E-state index contributed by atoms with van der Waals surface area (Å²) in [5.41, 5.74) is 7.60. The molecule has 0 aliphatic carbocycles. The second-order valence-electron chi connectivity index (χ2n) is 4.78. The molecule has 9 nitrogen and oxygen atoms in total. The van der Waals surface area contributed by atoms with Crippen LogP contribution in [0.25, 0.3) is 0 Å². The summed E-state index contributed by atoms with van der Waals surface area (Å²) in [7, 11) is 0. The molecule has 0 bridgehead atoms. The smallest absolute Gasteiger partial charge is 0.407 e. The van der Waals surface area contributed by atoms with Gasteiger partial charge in [0.15, 0.2) is 6.04 Å². The van der Waals surface area contributed by atoms with Gasteiger partial charge in [-0.1, -0.05) is 30.3 Å². The van der Waals surface area contributed by atoms with Crippen LogP contribution in [0.4, 0.5) is 9.59 Å². The van der Waals surface area contributed by atoms with Crippen LogP contribution in [0.5, 0.6) is 0 Å². The maximum atomic E-state index is 11.8. The number of carbonyl (C=O) groups is 2. The summed E-state index contributed by atoms with van der Waals surface area (Å²) in [4.78, 5) is 26.8. The molecule has 2 atom stereocenters. The van der Waals surface area contributed by atoms with E-state index in [1.54, 1.807) is 0 Å². The summed E-state index contributed by atoms with van der Waals surface area (Å²) in [5, 5.41) is 15.2. The van der Waals surface area contributed by atoms with Gasteiger partial charge in [-0.15, -0.1) is 0 Å². The Morgan fingerprint density at radius 3 is 2.77 bits per heavy atom. The molecule has 1 heterocycles. The summed E-state index contributed by atoms with van der Waals surface area (Å²) in [6.07, 6.45) is -1.77. The zero-order valence-electron chi connectivity index (χ0n) is 11.7. The van der Waals surface area contributed by atoms with Gasteiger partial charge in [0.05, 0.1) is 12.6 Å². The van der Waals surface area contributed by atoms with Gasteiger partial charge in [-0.05, 0) is 5.56 Å². The SMILES string of the molecule is N=[N+]=NC1CN(C(=O)O)CC1NC(=O)OCc1ccccc1. The van der Waals surface area contributed by atoms with Gasteiger partial charge in [-0.2, -0.15) is 0 Å².